The summed E-state index contributed by atoms with van der Waals surface area (Å²) in [5.74, 6) is -0.141. The SMILES string of the molecule is Cc1cccc(C(=O)N2CCCC2)c1NS(=O)(=O)c1ccc(Cl)s1. The van der Waals surface area contributed by atoms with E-state index in [-0.39, 0.29) is 10.1 Å². The highest BCUT2D eigenvalue weighted by Crippen LogP contribution is 2.30. The Morgan fingerprint density at radius 3 is 2.54 bits per heavy atom. The average molecular weight is 385 g/mol. The van der Waals surface area contributed by atoms with Gasteiger partial charge in [0.25, 0.3) is 15.9 Å². The van der Waals surface area contributed by atoms with E-state index < -0.39 is 10.0 Å². The van der Waals surface area contributed by atoms with Gasteiger partial charge in [0.15, 0.2) is 0 Å². The number of rotatable bonds is 4. The minimum Gasteiger partial charge on any atom is -0.339 e. The van der Waals surface area contributed by atoms with Crippen molar-refractivity contribution in [3.63, 3.8) is 0 Å². The number of likely N-dealkylation sites (tertiary alicyclic amines) is 1. The van der Waals surface area contributed by atoms with E-state index in [1.165, 1.54) is 12.1 Å². The molecule has 1 aromatic carbocycles. The van der Waals surface area contributed by atoms with Crippen LogP contribution < -0.4 is 4.72 Å². The lowest BCUT2D eigenvalue weighted by atomic mass is 10.1. The molecule has 1 aliphatic rings. The highest BCUT2D eigenvalue weighted by Gasteiger charge is 2.25. The number of halogens is 1. The third-order valence-corrected chi connectivity index (χ3v) is 7.02. The van der Waals surface area contributed by atoms with Gasteiger partial charge in [0.1, 0.15) is 4.21 Å². The predicted molar refractivity (Wildman–Crippen MR) is 96.5 cm³/mol. The number of amides is 1. The van der Waals surface area contributed by atoms with Crippen LogP contribution in [0.15, 0.2) is 34.5 Å². The Morgan fingerprint density at radius 1 is 1.21 bits per heavy atom. The molecule has 0 bridgehead atoms. The molecule has 0 spiro atoms. The fraction of sp³-hybridized carbons (Fsp3) is 0.312. The molecule has 0 saturated carbocycles. The van der Waals surface area contributed by atoms with Gasteiger partial charge in [-0.3, -0.25) is 9.52 Å². The van der Waals surface area contributed by atoms with Crippen LogP contribution in [0.1, 0.15) is 28.8 Å². The zero-order valence-electron chi connectivity index (χ0n) is 13.1. The first-order chi connectivity index (χ1) is 11.4. The molecule has 2 heterocycles. The number of benzene rings is 1. The van der Waals surface area contributed by atoms with E-state index in [2.05, 4.69) is 4.72 Å². The van der Waals surface area contributed by atoms with E-state index in [1.54, 1.807) is 30.0 Å². The van der Waals surface area contributed by atoms with Crippen LogP contribution in [-0.2, 0) is 10.0 Å². The molecule has 0 unspecified atom stereocenters. The van der Waals surface area contributed by atoms with Crippen LogP contribution in [0.5, 0.6) is 0 Å². The molecule has 1 aliphatic heterocycles. The number of anilines is 1. The van der Waals surface area contributed by atoms with E-state index in [1.807, 2.05) is 0 Å². The lowest BCUT2D eigenvalue weighted by Crippen LogP contribution is -2.29. The number of nitrogens with one attached hydrogen (secondary N) is 1. The summed E-state index contributed by atoms with van der Waals surface area (Å²) in [5, 5.41) is 0. The quantitative estimate of drug-likeness (QED) is 0.872. The van der Waals surface area contributed by atoms with Crippen LogP contribution in [0.3, 0.4) is 0 Å². The number of carbonyl (C=O) groups is 1. The lowest BCUT2D eigenvalue weighted by Gasteiger charge is -2.19. The standard InChI is InChI=1S/C16H17ClN2O3S2/c1-11-5-4-6-12(16(20)19-9-2-3-10-19)15(11)18-24(21,22)14-8-7-13(17)23-14/h4-8,18H,2-3,9-10H2,1H3. The second-order valence-electron chi connectivity index (χ2n) is 5.66. The summed E-state index contributed by atoms with van der Waals surface area (Å²) in [5.41, 5.74) is 1.41. The maximum Gasteiger partial charge on any atom is 0.271 e. The van der Waals surface area contributed by atoms with Gasteiger partial charge in [-0.25, -0.2) is 8.42 Å². The van der Waals surface area contributed by atoms with E-state index in [0.717, 1.165) is 24.2 Å². The smallest absolute Gasteiger partial charge is 0.271 e. The Labute approximate surface area is 150 Å². The van der Waals surface area contributed by atoms with E-state index in [4.69, 9.17) is 11.6 Å². The number of nitrogens with zero attached hydrogens (tertiary/aromatic N) is 1. The molecule has 0 atom stereocenters. The van der Waals surface area contributed by atoms with Crippen LogP contribution in [-0.4, -0.2) is 32.3 Å². The fourth-order valence-corrected chi connectivity index (χ4v) is 5.33. The Balaban J connectivity index is 1.97. The van der Waals surface area contributed by atoms with Crippen molar-refractivity contribution in [2.75, 3.05) is 17.8 Å². The Morgan fingerprint density at radius 2 is 1.92 bits per heavy atom. The van der Waals surface area contributed by atoms with Crippen LogP contribution >= 0.6 is 22.9 Å². The maximum atomic E-state index is 12.7. The molecule has 0 radical (unpaired) electrons. The molecule has 1 fully saturated rings. The summed E-state index contributed by atoms with van der Waals surface area (Å²) < 4.78 is 28.2. The van der Waals surface area contributed by atoms with E-state index in [9.17, 15) is 13.2 Å². The number of para-hydroxylation sites is 1. The summed E-state index contributed by atoms with van der Waals surface area (Å²) >= 11 is 6.81. The molecule has 1 N–H and O–H groups in total. The molecular formula is C16H17ClN2O3S2. The Kier molecular flexibility index (Phi) is 4.85. The summed E-state index contributed by atoms with van der Waals surface area (Å²) in [4.78, 5) is 14.5. The van der Waals surface area contributed by atoms with Crippen molar-refractivity contribution < 1.29 is 13.2 Å². The third kappa shape index (κ3) is 3.43. The van der Waals surface area contributed by atoms with E-state index >= 15 is 0 Å². The van der Waals surface area contributed by atoms with Gasteiger partial charge in [-0.15, -0.1) is 11.3 Å². The van der Waals surface area contributed by atoms with Gasteiger partial charge in [0.2, 0.25) is 0 Å². The molecule has 0 aliphatic carbocycles. The minimum atomic E-state index is -3.78. The van der Waals surface area contributed by atoms with Crippen molar-refractivity contribution in [1.82, 2.24) is 4.90 Å². The predicted octanol–water partition coefficient (Wildman–Crippen LogP) is 3.75. The first kappa shape index (κ1) is 17.3. The Hall–Kier alpha value is -1.57. The lowest BCUT2D eigenvalue weighted by molar-refractivity contribution is 0.0794. The number of hydrogen-bond acceptors (Lipinski definition) is 4. The monoisotopic (exact) mass is 384 g/mol. The molecule has 1 amide bonds. The summed E-state index contributed by atoms with van der Waals surface area (Å²) in [6, 6.07) is 8.19. The second-order valence-corrected chi connectivity index (χ2v) is 9.29. The van der Waals surface area contributed by atoms with Crippen LogP contribution in [0, 0.1) is 6.92 Å². The van der Waals surface area contributed by atoms with Crippen LogP contribution in [0.25, 0.3) is 0 Å². The van der Waals surface area contributed by atoms with Gasteiger partial charge in [-0.05, 0) is 43.5 Å². The van der Waals surface area contributed by atoms with Gasteiger partial charge in [0, 0.05) is 13.1 Å². The number of aryl methyl sites for hydroxylation is 1. The van der Waals surface area contributed by atoms with Crippen molar-refractivity contribution in [3.8, 4) is 0 Å². The molecule has 3 rings (SSSR count). The van der Waals surface area contributed by atoms with Gasteiger partial charge in [-0.2, -0.15) is 0 Å². The molecule has 2 aromatic rings. The third-order valence-electron chi connectivity index (χ3n) is 3.95. The summed E-state index contributed by atoms with van der Waals surface area (Å²) in [6.07, 6.45) is 1.96. The number of thiophene rings is 1. The zero-order valence-corrected chi connectivity index (χ0v) is 15.5. The molecule has 5 nitrogen and oxygen atoms in total. The van der Waals surface area contributed by atoms with Crippen molar-refractivity contribution >= 4 is 44.6 Å². The zero-order chi connectivity index (χ0) is 17.3. The van der Waals surface area contributed by atoms with Gasteiger partial charge in [0.05, 0.1) is 15.6 Å². The first-order valence-corrected chi connectivity index (χ1v) is 10.2. The fourth-order valence-electron chi connectivity index (χ4n) is 2.70. The summed E-state index contributed by atoms with van der Waals surface area (Å²) in [7, 11) is -3.78. The largest absolute Gasteiger partial charge is 0.339 e. The minimum absolute atomic E-state index is 0.121. The van der Waals surface area contributed by atoms with Crippen molar-refractivity contribution in [2.24, 2.45) is 0 Å². The van der Waals surface area contributed by atoms with Crippen molar-refractivity contribution in [1.29, 1.82) is 0 Å². The second kappa shape index (κ2) is 6.74. The van der Waals surface area contributed by atoms with Gasteiger partial charge < -0.3 is 4.90 Å². The van der Waals surface area contributed by atoms with Crippen molar-refractivity contribution in [3.05, 3.63) is 45.8 Å². The Bertz CT molecular complexity index is 871. The molecule has 1 aromatic heterocycles. The van der Waals surface area contributed by atoms with Gasteiger partial charge >= 0.3 is 0 Å². The maximum absolute atomic E-state index is 12.7. The highest BCUT2D eigenvalue weighted by molar-refractivity contribution is 7.94. The number of hydrogen-bond donors (Lipinski definition) is 1. The molecule has 128 valence electrons. The van der Waals surface area contributed by atoms with Crippen LogP contribution in [0.2, 0.25) is 4.34 Å². The average Bonchev–Trinajstić information content (AvgIpc) is 3.20. The molecule has 8 heteroatoms. The first-order valence-electron chi connectivity index (χ1n) is 7.55. The number of sulfonamides is 1. The van der Waals surface area contributed by atoms with Gasteiger partial charge in [-0.1, -0.05) is 23.7 Å². The topological polar surface area (TPSA) is 66.5 Å². The number of carbonyl (C=O) groups excluding carboxylic acids is 1. The molecular weight excluding hydrogens is 368 g/mol. The van der Waals surface area contributed by atoms with Crippen LogP contribution in [0.4, 0.5) is 5.69 Å². The summed E-state index contributed by atoms with van der Waals surface area (Å²) in [6.45, 7) is 3.19. The normalized spacial score (nSPS) is 14.8. The van der Waals surface area contributed by atoms with E-state index in [0.29, 0.717) is 34.2 Å². The highest BCUT2D eigenvalue weighted by atomic mass is 35.5. The molecule has 24 heavy (non-hydrogen) atoms. The van der Waals surface area contributed by atoms with Crippen molar-refractivity contribution in [2.45, 2.75) is 24.0 Å². The molecule has 1 saturated heterocycles.